The van der Waals surface area contributed by atoms with Gasteiger partial charge in [-0.15, -0.1) is 0 Å². The van der Waals surface area contributed by atoms with Gasteiger partial charge in [-0.05, 0) is 71.1 Å². The molecule has 0 saturated heterocycles. The van der Waals surface area contributed by atoms with E-state index in [-0.39, 0.29) is 11.6 Å². The van der Waals surface area contributed by atoms with Crippen LogP contribution in [0.1, 0.15) is 93.7 Å². The van der Waals surface area contributed by atoms with Crippen LogP contribution in [0.2, 0.25) is 0 Å². The van der Waals surface area contributed by atoms with E-state index >= 15 is 0 Å². The minimum Gasteiger partial charge on any atom is -0.467 e. The number of nitrogens with one attached hydrogen (secondary N) is 2. The highest BCUT2D eigenvalue weighted by Gasteiger charge is 2.22. The second-order valence-electron chi connectivity index (χ2n) is 9.89. The van der Waals surface area contributed by atoms with Crippen LogP contribution in [0.25, 0.3) is 0 Å². The van der Waals surface area contributed by atoms with Gasteiger partial charge in [-0.25, -0.2) is 9.78 Å². The Labute approximate surface area is 258 Å². The first kappa shape index (κ1) is 37.0. The molecule has 0 saturated carbocycles. The van der Waals surface area contributed by atoms with E-state index in [1.54, 1.807) is 6.92 Å². The topological polar surface area (TPSA) is 110 Å². The molecular formula is C35H50N4O4. The average molecular weight is 591 g/mol. The van der Waals surface area contributed by atoms with Crippen molar-refractivity contribution in [3.63, 3.8) is 0 Å². The maximum Gasteiger partial charge on any atom is 0.328 e. The van der Waals surface area contributed by atoms with E-state index in [1.165, 1.54) is 19.5 Å². The zero-order valence-electron chi connectivity index (χ0n) is 26.2. The number of aryl methyl sites for hydroxylation is 1. The van der Waals surface area contributed by atoms with Gasteiger partial charge in [0.15, 0.2) is 0 Å². The van der Waals surface area contributed by atoms with Crippen molar-refractivity contribution >= 4 is 17.8 Å². The molecule has 0 aromatic carbocycles. The van der Waals surface area contributed by atoms with Crippen molar-refractivity contribution < 1.29 is 19.1 Å². The maximum atomic E-state index is 12.4. The molecule has 234 valence electrons. The molecule has 0 fully saturated rings. The van der Waals surface area contributed by atoms with E-state index in [0.717, 1.165) is 38.5 Å². The Morgan fingerprint density at radius 2 is 1.35 bits per heavy atom. The van der Waals surface area contributed by atoms with Crippen LogP contribution in [-0.2, 0) is 14.3 Å². The number of nitrogens with zero attached hydrogens (tertiary/aromatic N) is 2. The smallest absolute Gasteiger partial charge is 0.328 e. The summed E-state index contributed by atoms with van der Waals surface area (Å²) in [7, 11) is 1.28. The molecule has 1 heterocycles. The fourth-order valence-corrected chi connectivity index (χ4v) is 3.78. The van der Waals surface area contributed by atoms with E-state index < -0.39 is 17.9 Å². The number of amides is 2. The van der Waals surface area contributed by atoms with Crippen molar-refractivity contribution in [2.75, 3.05) is 13.7 Å². The minimum absolute atomic E-state index is 0.00436. The van der Waals surface area contributed by atoms with Crippen LogP contribution < -0.4 is 10.6 Å². The molecule has 0 aliphatic carbocycles. The van der Waals surface area contributed by atoms with Crippen LogP contribution in [0.5, 0.6) is 0 Å². The second-order valence-corrected chi connectivity index (χ2v) is 9.89. The van der Waals surface area contributed by atoms with Gasteiger partial charge in [0.05, 0.1) is 19.0 Å². The quantitative estimate of drug-likeness (QED) is 0.0871. The number of hydrogen-bond donors (Lipinski definition) is 2. The number of carbonyl (C=O) groups is 3. The lowest BCUT2D eigenvalue weighted by Crippen LogP contribution is -2.42. The highest BCUT2D eigenvalue weighted by Crippen LogP contribution is 2.05. The molecule has 43 heavy (non-hydrogen) atoms. The normalized spacial score (nSPS) is 12.8. The number of esters is 1. The molecule has 8 nitrogen and oxygen atoms in total. The van der Waals surface area contributed by atoms with Gasteiger partial charge >= 0.3 is 5.97 Å². The number of rotatable bonds is 22. The van der Waals surface area contributed by atoms with E-state index in [2.05, 4.69) is 94.4 Å². The first-order chi connectivity index (χ1) is 21.0. The number of methoxy groups -OCH3 is 1. The molecule has 0 bridgehead atoms. The Morgan fingerprint density at radius 3 is 1.86 bits per heavy atom. The molecule has 1 aromatic heterocycles. The lowest BCUT2D eigenvalue weighted by atomic mass is 10.1. The van der Waals surface area contributed by atoms with Crippen molar-refractivity contribution in [3.8, 4) is 0 Å². The summed E-state index contributed by atoms with van der Waals surface area (Å²) in [6.45, 7) is 4.43. The summed E-state index contributed by atoms with van der Waals surface area (Å²) >= 11 is 0. The number of carbonyl (C=O) groups excluding carboxylic acids is 3. The van der Waals surface area contributed by atoms with Gasteiger partial charge in [0.1, 0.15) is 11.7 Å². The molecular weight excluding hydrogens is 540 g/mol. The van der Waals surface area contributed by atoms with E-state index in [4.69, 9.17) is 4.74 Å². The van der Waals surface area contributed by atoms with Crippen LogP contribution >= 0.6 is 0 Å². The van der Waals surface area contributed by atoms with Gasteiger partial charge in [-0.3, -0.25) is 14.6 Å². The molecule has 0 aliphatic heterocycles. The van der Waals surface area contributed by atoms with Gasteiger partial charge in [0.2, 0.25) is 5.91 Å². The maximum absolute atomic E-state index is 12.4. The second kappa shape index (κ2) is 25.6. The van der Waals surface area contributed by atoms with Gasteiger partial charge in [-0.1, -0.05) is 79.8 Å². The molecule has 0 aliphatic rings. The summed E-state index contributed by atoms with van der Waals surface area (Å²) in [5.41, 5.74) is 0.833. The first-order valence-corrected chi connectivity index (χ1v) is 15.3. The Morgan fingerprint density at radius 1 is 0.791 bits per heavy atom. The van der Waals surface area contributed by atoms with Gasteiger partial charge in [-0.2, -0.15) is 0 Å². The van der Waals surface area contributed by atoms with Gasteiger partial charge < -0.3 is 15.4 Å². The molecule has 2 N–H and O–H groups in total. The molecule has 0 spiro atoms. The Bertz CT molecular complexity index is 1100. The zero-order valence-corrected chi connectivity index (χ0v) is 26.2. The molecule has 1 atom stereocenters. The van der Waals surface area contributed by atoms with E-state index in [9.17, 15) is 14.4 Å². The third-order valence-electron chi connectivity index (χ3n) is 6.18. The van der Waals surface area contributed by atoms with Crippen LogP contribution in [0.15, 0.2) is 85.3 Å². The number of unbranched alkanes of at least 4 members (excludes halogenated alkanes) is 1. The third-order valence-corrected chi connectivity index (χ3v) is 6.18. The lowest BCUT2D eigenvalue weighted by Gasteiger charge is -2.16. The van der Waals surface area contributed by atoms with Crippen LogP contribution in [0.4, 0.5) is 0 Å². The number of aromatic nitrogens is 2. The monoisotopic (exact) mass is 590 g/mol. The molecule has 8 heteroatoms. The van der Waals surface area contributed by atoms with Crippen LogP contribution in [0, 0.1) is 6.92 Å². The lowest BCUT2D eigenvalue weighted by molar-refractivity contribution is -0.143. The van der Waals surface area contributed by atoms with Crippen molar-refractivity contribution in [1.82, 2.24) is 20.6 Å². The Hall–Kier alpha value is -4.07. The molecule has 1 rings (SSSR count). The first-order valence-electron chi connectivity index (χ1n) is 15.3. The molecule has 1 aromatic rings. The number of hydrogen-bond acceptors (Lipinski definition) is 6. The van der Waals surface area contributed by atoms with E-state index in [0.29, 0.717) is 44.3 Å². The summed E-state index contributed by atoms with van der Waals surface area (Å²) in [6.07, 6.45) is 37.4. The molecule has 2 amide bonds. The highest BCUT2D eigenvalue weighted by atomic mass is 16.5. The van der Waals surface area contributed by atoms with Crippen molar-refractivity contribution in [2.24, 2.45) is 0 Å². The predicted molar refractivity (Wildman–Crippen MR) is 174 cm³/mol. The third kappa shape index (κ3) is 20.5. The Kier molecular flexibility index (Phi) is 22.0. The fourth-order valence-electron chi connectivity index (χ4n) is 3.78. The summed E-state index contributed by atoms with van der Waals surface area (Å²) in [6, 6.07) is -0.788. The summed E-state index contributed by atoms with van der Waals surface area (Å²) < 4.78 is 4.81. The van der Waals surface area contributed by atoms with Gasteiger partial charge in [0.25, 0.3) is 5.91 Å². The highest BCUT2D eigenvalue weighted by molar-refractivity contribution is 5.94. The summed E-state index contributed by atoms with van der Waals surface area (Å²) in [5.74, 6) is -1.00. The van der Waals surface area contributed by atoms with Gasteiger partial charge in [0, 0.05) is 19.2 Å². The van der Waals surface area contributed by atoms with E-state index in [1.807, 2.05) is 6.08 Å². The standard InChI is InChI=1S/C35H50N4O4/c1-4-5-6-7-8-9-10-11-12-13-14-15-16-17-18-19-20-21-22-26-33(40)36-27-24-23-25-31(35(42)43-3)39-34(41)32-29-37-30(2)28-38-32/h5-6,8-9,11-12,14-15,17-18,20-21,28-29,31H,4,7,10,13,16,19,22-27H2,1-3H3,(H,36,40)(H,39,41). The summed E-state index contributed by atoms with van der Waals surface area (Å²) in [4.78, 5) is 44.6. The summed E-state index contributed by atoms with van der Waals surface area (Å²) in [5, 5.41) is 5.56. The SMILES string of the molecule is CCC=CCC=CCC=CCC=CCC=CCC=CCCC(=O)NCCCCC(NC(=O)c1cnc(C)cn1)C(=O)OC. The van der Waals surface area contributed by atoms with Crippen molar-refractivity contribution in [2.45, 2.75) is 90.5 Å². The number of allylic oxidation sites excluding steroid dienone is 12. The predicted octanol–water partition coefficient (Wildman–Crippen LogP) is 6.82. The number of ether oxygens (including phenoxy) is 1. The largest absolute Gasteiger partial charge is 0.467 e. The molecule has 0 radical (unpaired) electrons. The fraction of sp³-hybridized carbons (Fsp3) is 0.457. The van der Waals surface area contributed by atoms with Crippen LogP contribution in [0.3, 0.4) is 0 Å². The van der Waals surface area contributed by atoms with Crippen molar-refractivity contribution in [1.29, 1.82) is 0 Å². The van der Waals surface area contributed by atoms with Crippen molar-refractivity contribution in [3.05, 3.63) is 96.7 Å². The Balaban J connectivity index is 2.10. The molecule has 1 unspecified atom stereocenters. The zero-order chi connectivity index (χ0) is 31.4. The minimum atomic E-state index is -0.788. The van der Waals surface area contributed by atoms with Crippen LogP contribution in [-0.4, -0.2) is 47.4 Å². The average Bonchev–Trinajstić information content (AvgIpc) is 3.01.